The average Bonchev–Trinajstić information content (AvgIpc) is 2.47. The molecule has 2 N–H and O–H groups in total. The van der Waals surface area contributed by atoms with Gasteiger partial charge in [-0.2, -0.15) is 0 Å². The minimum atomic E-state index is -0.913. The van der Waals surface area contributed by atoms with E-state index in [1.165, 1.54) is 6.20 Å². The first-order valence-corrected chi connectivity index (χ1v) is 6.94. The number of hydrogen-bond donors (Lipinski definition) is 2. The van der Waals surface area contributed by atoms with E-state index in [2.05, 4.69) is 15.3 Å². The van der Waals surface area contributed by atoms with Crippen molar-refractivity contribution in [1.29, 1.82) is 0 Å². The van der Waals surface area contributed by atoms with Gasteiger partial charge >= 0.3 is 0 Å². The van der Waals surface area contributed by atoms with Crippen LogP contribution in [-0.4, -0.2) is 27.5 Å². The summed E-state index contributed by atoms with van der Waals surface area (Å²) in [5, 5.41) is 13.2. The fourth-order valence-electron chi connectivity index (χ4n) is 1.74. The van der Waals surface area contributed by atoms with Crippen LogP contribution in [0, 0.1) is 6.92 Å². The summed E-state index contributed by atoms with van der Waals surface area (Å²) in [6.45, 7) is 1.66. The number of rotatable bonds is 4. The van der Waals surface area contributed by atoms with Crippen molar-refractivity contribution in [1.82, 2.24) is 15.3 Å². The molecule has 1 heterocycles. The van der Waals surface area contributed by atoms with Crippen LogP contribution in [-0.2, 0) is 0 Å². The van der Waals surface area contributed by atoms with Gasteiger partial charge in [0.2, 0.25) is 0 Å². The lowest BCUT2D eigenvalue weighted by Crippen LogP contribution is -2.29. The fourth-order valence-corrected chi connectivity index (χ4v) is 2.18. The number of carbonyl (C=O) groups excluding carboxylic acids is 1. The molecule has 2 aromatic rings. The Labute approximate surface area is 131 Å². The van der Waals surface area contributed by atoms with Gasteiger partial charge in [0.15, 0.2) is 0 Å². The normalized spacial score (nSPS) is 12.0. The number of aliphatic hydroxyl groups is 1. The Morgan fingerprint density at radius 1 is 1.33 bits per heavy atom. The third-order valence-electron chi connectivity index (χ3n) is 2.80. The molecule has 0 bridgehead atoms. The lowest BCUT2D eigenvalue weighted by atomic mass is 10.1. The monoisotopic (exact) mass is 325 g/mol. The molecular formula is C14H13Cl2N3O2. The Morgan fingerprint density at radius 2 is 2.05 bits per heavy atom. The quantitative estimate of drug-likeness (QED) is 0.905. The first-order chi connectivity index (χ1) is 9.99. The highest BCUT2D eigenvalue weighted by Crippen LogP contribution is 2.22. The number of halogens is 2. The lowest BCUT2D eigenvalue weighted by molar-refractivity contribution is 0.0911. The topological polar surface area (TPSA) is 75.1 Å². The molecule has 0 radical (unpaired) electrons. The summed E-state index contributed by atoms with van der Waals surface area (Å²) in [4.78, 5) is 19.9. The molecule has 2 rings (SSSR count). The Hall–Kier alpha value is -1.69. The van der Waals surface area contributed by atoms with Crippen LogP contribution in [0.3, 0.4) is 0 Å². The molecule has 1 aromatic heterocycles. The second-order valence-corrected chi connectivity index (χ2v) is 5.18. The summed E-state index contributed by atoms with van der Waals surface area (Å²) in [5.74, 6) is -0.0344. The third-order valence-corrected chi connectivity index (χ3v) is 3.42. The highest BCUT2D eigenvalue weighted by Gasteiger charge is 2.16. The van der Waals surface area contributed by atoms with Gasteiger partial charge in [0.05, 0.1) is 17.3 Å². The molecule has 5 nitrogen and oxygen atoms in total. The van der Waals surface area contributed by atoms with E-state index in [1.54, 1.807) is 31.2 Å². The molecule has 1 atom stereocenters. The van der Waals surface area contributed by atoms with Crippen LogP contribution in [0.5, 0.6) is 0 Å². The molecule has 7 heteroatoms. The molecule has 1 unspecified atom stereocenters. The fraction of sp³-hybridized carbons (Fsp3) is 0.214. The van der Waals surface area contributed by atoms with Crippen molar-refractivity contribution in [3.05, 3.63) is 57.6 Å². The Kier molecular flexibility index (Phi) is 5.12. The SMILES string of the molecule is Cc1ncc(Cl)c(C(=O)NCC(O)c2ccccc2Cl)n1. The highest BCUT2D eigenvalue weighted by molar-refractivity contribution is 6.33. The number of carbonyl (C=O) groups is 1. The second-order valence-electron chi connectivity index (χ2n) is 4.36. The number of nitrogens with zero attached hydrogens (tertiary/aromatic N) is 2. The van der Waals surface area contributed by atoms with Crippen molar-refractivity contribution in [2.45, 2.75) is 13.0 Å². The number of aliphatic hydroxyl groups excluding tert-OH is 1. The molecule has 1 amide bonds. The molecule has 0 fully saturated rings. The van der Waals surface area contributed by atoms with Gasteiger partial charge < -0.3 is 10.4 Å². The van der Waals surface area contributed by atoms with Gasteiger partial charge in [-0.3, -0.25) is 4.79 Å². The minimum absolute atomic E-state index is 0.00193. The summed E-state index contributed by atoms with van der Waals surface area (Å²) in [7, 11) is 0. The minimum Gasteiger partial charge on any atom is -0.387 e. The van der Waals surface area contributed by atoms with Crippen LogP contribution in [0.4, 0.5) is 0 Å². The van der Waals surface area contributed by atoms with E-state index in [-0.39, 0.29) is 17.3 Å². The zero-order valence-electron chi connectivity index (χ0n) is 11.2. The van der Waals surface area contributed by atoms with Crippen molar-refractivity contribution < 1.29 is 9.90 Å². The molecule has 0 aliphatic rings. The molecule has 0 saturated carbocycles. The average molecular weight is 326 g/mol. The third kappa shape index (κ3) is 3.91. The van der Waals surface area contributed by atoms with Gasteiger partial charge in [-0.15, -0.1) is 0 Å². The second kappa shape index (κ2) is 6.85. The number of benzene rings is 1. The first kappa shape index (κ1) is 15.7. The number of amides is 1. The number of nitrogens with one attached hydrogen (secondary N) is 1. The van der Waals surface area contributed by atoms with Crippen LogP contribution >= 0.6 is 23.2 Å². The van der Waals surface area contributed by atoms with Crippen molar-refractivity contribution in [3.63, 3.8) is 0 Å². The summed E-state index contributed by atoms with van der Waals surface area (Å²) in [6, 6.07) is 6.89. The van der Waals surface area contributed by atoms with Gasteiger partial charge in [-0.25, -0.2) is 9.97 Å². The van der Waals surface area contributed by atoms with Gasteiger partial charge in [-0.1, -0.05) is 41.4 Å². The van der Waals surface area contributed by atoms with Gasteiger partial charge in [0.1, 0.15) is 11.5 Å². The summed E-state index contributed by atoms with van der Waals surface area (Å²) >= 11 is 11.9. The zero-order chi connectivity index (χ0) is 15.4. The van der Waals surface area contributed by atoms with Gasteiger partial charge in [-0.05, 0) is 13.0 Å². The number of aromatic nitrogens is 2. The lowest BCUT2D eigenvalue weighted by Gasteiger charge is -2.13. The predicted molar refractivity (Wildman–Crippen MR) is 80.5 cm³/mol. The Balaban J connectivity index is 2.04. The van der Waals surface area contributed by atoms with Crippen LogP contribution in [0.25, 0.3) is 0 Å². The van der Waals surface area contributed by atoms with E-state index < -0.39 is 12.0 Å². The predicted octanol–water partition coefficient (Wildman–Crippen LogP) is 2.56. The van der Waals surface area contributed by atoms with Crippen molar-refractivity contribution >= 4 is 29.1 Å². The van der Waals surface area contributed by atoms with Crippen molar-refractivity contribution in [2.75, 3.05) is 6.54 Å². The van der Waals surface area contributed by atoms with Crippen LogP contribution < -0.4 is 5.32 Å². The van der Waals surface area contributed by atoms with E-state index in [0.717, 1.165) is 0 Å². The standard InChI is InChI=1S/C14H13Cl2N3O2/c1-8-17-6-11(16)13(19-8)14(21)18-7-12(20)9-4-2-3-5-10(9)15/h2-6,12,20H,7H2,1H3,(H,18,21). The molecule has 0 aliphatic heterocycles. The molecule has 0 aliphatic carbocycles. The summed E-state index contributed by atoms with van der Waals surface area (Å²) in [5.41, 5.74) is 0.625. The van der Waals surface area contributed by atoms with Crippen LogP contribution in [0.15, 0.2) is 30.5 Å². The maximum Gasteiger partial charge on any atom is 0.271 e. The first-order valence-electron chi connectivity index (χ1n) is 6.19. The van der Waals surface area contributed by atoms with E-state index in [4.69, 9.17) is 23.2 Å². The summed E-state index contributed by atoms with van der Waals surface area (Å²) in [6.07, 6.45) is 0.452. The molecule has 0 spiro atoms. The smallest absolute Gasteiger partial charge is 0.271 e. The van der Waals surface area contributed by atoms with Crippen LogP contribution in [0.1, 0.15) is 28.0 Å². The Bertz CT molecular complexity index is 664. The largest absolute Gasteiger partial charge is 0.387 e. The van der Waals surface area contributed by atoms with Crippen molar-refractivity contribution in [2.24, 2.45) is 0 Å². The number of hydrogen-bond acceptors (Lipinski definition) is 4. The molecular weight excluding hydrogens is 313 g/mol. The zero-order valence-corrected chi connectivity index (χ0v) is 12.7. The summed E-state index contributed by atoms with van der Waals surface area (Å²) < 4.78 is 0. The van der Waals surface area contributed by atoms with E-state index in [1.807, 2.05) is 0 Å². The van der Waals surface area contributed by atoms with E-state index in [0.29, 0.717) is 16.4 Å². The van der Waals surface area contributed by atoms with E-state index in [9.17, 15) is 9.90 Å². The van der Waals surface area contributed by atoms with Gasteiger partial charge in [0, 0.05) is 17.1 Å². The van der Waals surface area contributed by atoms with Crippen LogP contribution in [0.2, 0.25) is 10.0 Å². The molecule has 110 valence electrons. The number of aryl methyl sites for hydroxylation is 1. The van der Waals surface area contributed by atoms with Crippen molar-refractivity contribution in [3.8, 4) is 0 Å². The highest BCUT2D eigenvalue weighted by atomic mass is 35.5. The van der Waals surface area contributed by atoms with E-state index >= 15 is 0 Å². The van der Waals surface area contributed by atoms with Gasteiger partial charge in [0.25, 0.3) is 5.91 Å². The molecule has 0 saturated heterocycles. The maximum absolute atomic E-state index is 12.0. The Morgan fingerprint density at radius 3 is 2.76 bits per heavy atom. The molecule has 21 heavy (non-hydrogen) atoms. The maximum atomic E-state index is 12.0. The molecule has 1 aromatic carbocycles.